The highest BCUT2D eigenvalue weighted by Crippen LogP contribution is 2.31. The first kappa shape index (κ1) is 32.9. The van der Waals surface area contributed by atoms with E-state index in [1.54, 1.807) is 0 Å². The molecule has 0 aliphatic heterocycles. The molecule has 1 amide bonds. The lowest BCUT2D eigenvalue weighted by Gasteiger charge is -2.24. The highest BCUT2D eigenvalue weighted by molar-refractivity contribution is 7.89. The van der Waals surface area contributed by atoms with Gasteiger partial charge in [0.1, 0.15) is 5.75 Å². The summed E-state index contributed by atoms with van der Waals surface area (Å²) in [6.07, 6.45) is 0. The van der Waals surface area contributed by atoms with Crippen LogP contribution in [-0.4, -0.2) is 63.2 Å². The number of hydroxylamine groups is 1. The fourth-order valence-corrected chi connectivity index (χ4v) is 6.72. The average molecular weight is 673 g/mol. The molecule has 0 aromatic heterocycles. The molecule has 0 bridgehead atoms. The molecule has 0 spiro atoms. The fourth-order valence-electron chi connectivity index (χ4n) is 3.44. The topological polar surface area (TPSA) is 133 Å². The molecule has 0 saturated heterocycles. The number of carbonyl (C=O) groups excluding carboxylic acids is 1. The Morgan fingerprint density at radius 3 is 2.00 bits per heavy atom. The number of benzene rings is 3. The van der Waals surface area contributed by atoms with Crippen molar-refractivity contribution in [3.8, 4) is 11.5 Å². The van der Waals surface area contributed by atoms with Gasteiger partial charge in [0.2, 0.25) is 20.0 Å². The minimum Gasteiger partial charge on any atom is -0.451 e. The third-order valence-electron chi connectivity index (χ3n) is 5.50. The Bertz CT molecular complexity index is 1600. The molecule has 0 aliphatic carbocycles. The van der Waals surface area contributed by atoms with Gasteiger partial charge in [-0.3, -0.25) is 10.0 Å². The van der Waals surface area contributed by atoms with Crippen molar-refractivity contribution in [3.05, 3.63) is 86.9 Å². The Kier molecular flexibility index (Phi) is 10.9. The van der Waals surface area contributed by atoms with Crippen molar-refractivity contribution in [2.45, 2.75) is 10.6 Å². The number of amides is 1. The van der Waals surface area contributed by atoms with E-state index in [1.165, 1.54) is 55.0 Å². The van der Waals surface area contributed by atoms with E-state index < -0.39 is 73.6 Å². The predicted octanol–water partition coefficient (Wildman–Crippen LogP) is 4.68. The van der Waals surface area contributed by atoms with E-state index in [2.05, 4.69) is 0 Å². The summed E-state index contributed by atoms with van der Waals surface area (Å²) in [5, 5.41) is 9.69. The van der Waals surface area contributed by atoms with E-state index in [-0.39, 0.29) is 21.4 Å². The van der Waals surface area contributed by atoms with Crippen LogP contribution in [0.4, 0.5) is 8.78 Å². The zero-order chi connectivity index (χ0) is 30.5. The maximum Gasteiger partial charge on any atom is 0.258 e. The van der Waals surface area contributed by atoms with E-state index in [0.717, 1.165) is 4.31 Å². The number of sulfonamides is 2. The summed E-state index contributed by atoms with van der Waals surface area (Å²) in [6, 6.07) is 10.7. The third-order valence-corrected chi connectivity index (χ3v) is 9.84. The number of likely N-dealkylation sites (N-methyl/N-ethyl adjacent to an activating group) is 1. The molecular formula is C24H22Cl3F2N3O7S2. The maximum atomic E-state index is 14.8. The molecule has 3 rings (SSSR count). The molecule has 3 aromatic carbocycles. The summed E-state index contributed by atoms with van der Waals surface area (Å²) in [5.41, 5.74) is 1.53. The number of ether oxygens (including phenoxy) is 1. The Morgan fingerprint density at radius 2 is 1.46 bits per heavy atom. The summed E-state index contributed by atoms with van der Waals surface area (Å²) < 4.78 is 88.4. The molecule has 41 heavy (non-hydrogen) atoms. The zero-order valence-corrected chi connectivity index (χ0v) is 24.9. The molecule has 0 fully saturated rings. The lowest BCUT2D eigenvalue weighted by molar-refractivity contribution is -0.129. The Labute approximate surface area is 250 Å². The second-order valence-electron chi connectivity index (χ2n) is 8.50. The number of carbonyl (C=O) groups is 1. The van der Waals surface area contributed by atoms with Gasteiger partial charge in [-0.25, -0.2) is 35.4 Å². The van der Waals surface area contributed by atoms with Gasteiger partial charge in [0, 0.05) is 35.2 Å². The standard InChI is InChI=1S/C24H22Cl3F2N3O7S2/c1-31(40(35,36)14-15-8-17(26)10-18(27)9-15)6-7-32(13-23(33)30-34)41(37,38)20-11-21(28)24(22(29)12-20)39-19-4-2-16(25)3-5-19/h2-5,8-12,34H,6-7,13-14H2,1H3,(H,30,33). The van der Waals surface area contributed by atoms with E-state index in [4.69, 9.17) is 44.7 Å². The van der Waals surface area contributed by atoms with Crippen LogP contribution in [-0.2, 0) is 30.6 Å². The largest absolute Gasteiger partial charge is 0.451 e. The third kappa shape index (κ3) is 8.72. The van der Waals surface area contributed by atoms with Crippen LogP contribution in [0.2, 0.25) is 15.1 Å². The van der Waals surface area contributed by atoms with Crippen LogP contribution in [0.5, 0.6) is 11.5 Å². The fraction of sp³-hybridized carbons (Fsp3) is 0.208. The summed E-state index contributed by atoms with van der Waals surface area (Å²) >= 11 is 17.6. The lowest BCUT2D eigenvalue weighted by atomic mass is 10.2. The van der Waals surface area contributed by atoms with Gasteiger partial charge in [-0.15, -0.1) is 0 Å². The quantitative estimate of drug-likeness (QED) is 0.211. The minimum atomic E-state index is -4.81. The van der Waals surface area contributed by atoms with Gasteiger partial charge >= 0.3 is 0 Å². The number of nitrogens with zero attached hydrogens (tertiary/aromatic N) is 2. The molecule has 0 saturated carbocycles. The van der Waals surface area contributed by atoms with E-state index in [1.807, 2.05) is 0 Å². The summed E-state index contributed by atoms with van der Waals surface area (Å²) in [6.45, 7) is -2.10. The first-order valence-electron chi connectivity index (χ1n) is 11.4. The van der Waals surface area contributed by atoms with Crippen molar-refractivity contribution in [2.75, 3.05) is 26.7 Å². The van der Waals surface area contributed by atoms with Gasteiger partial charge < -0.3 is 4.74 Å². The maximum absolute atomic E-state index is 14.8. The highest BCUT2D eigenvalue weighted by atomic mass is 35.5. The minimum absolute atomic E-state index is 0.0216. The normalized spacial score (nSPS) is 12.1. The van der Waals surface area contributed by atoms with Crippen LogP contribution in [0.25, 0.3) is 0 Å². The van der Waals surface area contributed by atoms with Gasteiger partial charge in [-0.05, 0) is 60.2 Å². The van der Waals surface area contributed by atoms with Gasteiger partial charge in [0.05, 0.1) is 17.2 Å². The van der Waals surface area contributed by atoms with Crippen molar-refractivity contribution in [2.24, 2.45) is 0 Å². The number of nitrogens with one attached hydrogen (secondary N) is 1. The van der Waals surface area contributed by atoms with Crippen molar-refractivity contribution in [1.82, 2.24) is 14.1 Å². The monoisotopic (exact) mass is 671 g/mol. The zero-order valence-electron chi connectivity index (χ0n) is 21.0. The molecule has 222 valence electrons. The molecule has 2 N–H and O–H groups in total. The van der Waals surface area contributed by atoms with Gasteiger partial charge in [-0.1, -0.05) is 34.8 Å². The second-order valence-corrected chi connectivity index (χ2v) is 13.8. The molecule has 0 radical (unpaired) electrons. The SMILES string of the molecule is CN(CCN(CC(=O)NO)S(=O)(=O)c1cc(F)c(Oc2ccc(Cl)cc2)c(F)c1)S(=O)(=O)Cc1cc(Cl)cc(Cl)c1. The molecular weight excluding hydrogens is 651 g/mol. The molecule has 0 atom stereocenters. The van der Waals surface area contributed by atoms with Gasteiger partial charge in [0.25, 0.3) is 5.91 Å². The smallest absolute Gasteiger partial charge is 0.258 e. The van der Waals surface area contributed by atoms with Crippen LogP contribution < -0.4 is 10.2 Å². The van der Waals surface area contributed by atoms with E-state index in [9.17, 15) is 30.4 Å². The summed E-state index contributed by atoms with van der Waals surface area (Å²) in [4.78, 5) is 11.0. The Morgan fingerprint density at radius 1 is 0.902 bits per heavy atom. The van der Waals surface area contributed by atoms with E-state index in [0.29, 0.717) is 21.5 Å². The predicted molar refractivity (Wildman–Crippen MR) is 148 cm³/mol. The van der Waals surface area contributed by atoms with Gasteiger partial charge in [0.15, 0.2) is 17.4 Å². The molecule has 0 heterocycles. The molecule has 0 unspecified atom stereocenters. The molecule has 17 heteroatoms. The first-order valence-corrected chi connectivity index (χ1v) is 15.5. The van der Waals surface area contributed by atoms with E-state index >= 15 is 0 Å². The van der Waals surface area contributed by atoms with Crippen LogP contribution in [0.3, 0.4) is 0 Å². The van der Waals surface area contributed by atoms with Crippen molar-refractivity contribution in [3.63, 3.8) is 0 Å². The lowest BCUT2D eigenvalue weighted by Crippen LogP contribution is -2.44. The first-order chi connectivity index (χ1) is 19.1. The Balaban J connectivity index is 1.84. The second kappa shape index (κ2) is 13.6. The highest BCUT2D eigenvalue weighted by Gasteiger charge is 2.31. The van der Waals surface area contributed by atoms with Crippen molar-refractivity contribution in [1.29, 1.82) is 0 Å². The van der Waals surface area contributed by atoms with Gasteiger partial charge in [-0.2, -0.15) is 4.31 Å². The molecule has 10 nitrogen and oxygen atoms in total. The van der Waals surface area contributed by atoms with Crippen molar-refractivity contribution >= 4 is 60.8 Å². The summed E-state index contributed by atoms with van der Waals surface area (Å²) in [5.74, 6) is -5.32. The Hall–Kier alpha value is -2.56. The van der Waals surface area contributed by atoms with Crippen LogP contribution in [0.15, 0.2) is 59.5 Å². The number of halogens is 5. The number of rotatable bonds is 12. The van der Waals surface area contributed by atoms with Crippen molar-refractivity contribution < 1.29 is 40.4 Å². The van der Waals surface area contributed by atoms with Crippen LogP contribution in [0, 0.1) is 11.6 Å². The molecule has 0 aliphatic rings. The number of hydrogen-bond acceptors (Lipinski definition) is 7. The number of hydrogen-bond donors (Lipinski definition) is 2. The van der Waals surface area contributed by atoms with Crippen LogP contribution >= 0.6 is 34.8 Å². The average Bonchev–Trinajstić information content (AvgIpc) is 2.88. The van der Waals surface area contributed by atoms with Crippen LogP contribution in [0.1, 0.15) is 5.56 Å². The summed E-state index contributed by atoms with van der Waals surface area (Å²) in [7, 11) is -7.68. The molecule has 3 aromatic rings.